The van der Waals surface area contributed by atoms with Crippen molar-refractivity contribution < 1.29 is 17.9 Å². The van der Waals surface area contributed by atoms with Gasteiger partial charge in [0.1, 0.15) is 16.4 Å². The number of hydrogen-bond acceptors (Lipinski definition) is 5. The molecule has 1 heterocycles. The third-order valence-corrected chi connectivity index (χ3v) is 5.70. The summed E-state index contributed by atoms with van der Waals surface area (Å²) in [7, 11) is -0.846. The molecule has 2 aromatic carbocycles. The molecule has 3 aromatic rings. The number of sulfonamides is 1. The van der Waals surface area contributed by atoms with Crippen molar-refractivity contribution in [3.05, 3.63) is 65.4 Å². The van der Waals surface area contributed by atoms with Crippen LogP contribution in [0.2, 0.25) is 0 Å². The zero-order chi connectivity index (χ0) is 19.4. The van der Waals surface area contributed by atoms with Crippen molar-refractivity contribution in [3.8, 4) is 22.6 Å². The molecule has 0 amide bonds. The molecule has 0 fully saturated rings. The van der Waals surface area contributed by atoms with Crippen molar-refractivity contribution in [2.75, 3.05) is 18.9 Å². The van der Waals surface area contributed by atoms with E-state index in [-0.39, 0.29) is 10.6 Å². The van der Waals surface area contributed by atoms with Crippen LogP contribution in [0.25, 0.3) is 11.1 Å². The molecule has 27 heavy (non-hydrogen) atoms. The van der Waals surface area contributed by atoms with Gasteiger partial charge in [0.15, 0.2) is 0 Å². The van der Waals surface area contributed by atoms with Crippen molar-refractivity contribution >= 4 is 31.6 Å². The van der Waals surface area contributed by atoms with Crippen LogP contribution in [0.4, 0.5) is 5.69 Å². The van der Waals surface area contributed by atoms with Crippen LogP contribution in [-0.2, 0) is 10.0 Å². The number of anilines is 1. The van der Waals surface area contributed by atoms with E-state index >= 15 is 0 Å². The lowest BCUT2D eigenvalue weighted by molar-refractivity contribution is 0.403. The molecule has 0 aliphatic carbocycles. The number of halogens is 1. The largest absolute Gasteiger partial charge is 0.497 e. The molecule has 0 saturated carbocycles. The first-order chi connectivity index (χ1) is 12.9. The van der Waals surface area contributed by atoms with Crippen molar-refractivity contribution in [2.24, 2.45) is 0 Å². The minimum absolute atomic E-state index is 0.0335. The maximum absolute atomic E-state index is 12.8. The maximum atomic E-state index is 12.8. The van der Waals surface area contributed by atoms with Gasteiger partial charge in [0.05, 0.1) is 26.1 Å². The van der Waals surface area contributed by atoms with Crippen LogP contribution in [0, 0.1) is 0 Å². The van der Waals surface area contributed by atoms with E-state index in [0.29, 0.717) is 15.9 Å². The van der Waals surface area contributed by atoms with E-state index in [1.54, 1.807) is 31.5 Å². The molecule has 0 spiro atoms. The van der Waals surface area contributed by atoms with E-state index in [4.69, 9.17) is 9.47 Å². The number of ether oxygens (including phenoxy) is 2. The van der Waals surface area contributed by atoms with Crippen LogP contribution >= 0.6 is 15.9 Å². The summed E-state index contributed by atoms with van der Waals surface area (Å²) < 4.78 is 39.2. The predicted octanol–water partition coefficient (Wildman–Crippen LogP) is 4.33. The second-order valence-electron chi connectivity index (χ2n) is 5.59. The number of nitrogens with zero attached hydrogens (tertiary/aromatic N) is 1. The van der Waals surface area contributed by atoms with Gasteiger partial charge in [0.2, 0.25) is 0 Å². The Morgan fingerprint density at radius 1 is 0.963 bits per heavy atom. The van der Waals surface area contributed by atoms with Gasteiger partial charge < -0.3 is 9.47 Å². The Bertz CT molecular complexity index is 1070. The Kier molecular flexibility index (Phi) is 5.67. The Labute approximate surface area is 166 Å². The van der Waals surface area contributed by atoms with E-state index in [1.165, 1.54) is 19.4 Å². The number of pyridine rings is 1. The van der Waals surface area contributed by atoms with Crippen LogP contribution < -0.4 is 14.2 Å². The fraction of sp³-hybridized carbons (Fsp3) is 0.105. The normalized spacial score (nSPS) is 11.1. The van der Waals surface area contributed by atoms with E-state index in [2.05, 4.69) is 25.6 Å². The quantitative estimate of drug-likeness (QED) is 0.606. The Hall–Kier alpha value is -2.58. The van der Waals surface area contributed by atoms with E-state index in [0.717, 1.165) is 11.1 Å². The molecule has 0 saturated heterocycles. The fourth-order valence-electron chi connectivity index (χ4n) is 2.53. The first kappa shape index (κ1) is 19.2. The number of benzene rings is 2. The van der Waals surface area contributed by atoms with Gasteiger partial charge in [-0.15, -0.1) is 0 Å². The topological polar surface area (TPSA) is 77.5 Å². The lowest BCUT2D eigenvalue weighted by Gasteiger charge is -2.12. The van der Waals surface area contributed by atoms with Crippen LogP contribution in [0.15, 0.2) is 70.3 Å². The average molecular weight is 449 g/mol. The SMILES string of the molecule is COc1cccc(-c2cncc(NS(=O)(=O)c3cc(Br)ccc3OC)c2)c1. The number of aromatic nitrogens is 1. The highest BCUT2D eigenvalue weighted by atomic mass is 79.9. The van der Waals surface area contributed by atoms with Gasteiger partial charge in [-0.05, 0) is 42.0 Å². The first-order valence-corrected chi connectivity index (χ1v) is 10.2. The van der Waals surface area contributed by atoms with Gasteiger partial charge in [0, 0.05) is 16.2 Å². The maximum Gasteiger partial charge on any atom is 0.265 e. The van der Waals surface area contributed by atoms with Crippen molar-refractivity contribution in [1.82, 2.24) is 4.98 Å². The van der Waals surface area contributed by atoms with E-state index in [1.807, 2.05) is 24.3 Å². The smallest absolute Gasteiger partial charge is 0.265 e. The number of methoxy groups -OCH3 is 2. The summed E-state index contributed by atoms with van der Waals surface area (Å²) in [5, 5.41) is 0. The third kappa shape index (κ3) is 4.40. The van der Waals surface area contributed by atoms with Crippen LogP contribution in [0.1, 0.15) is 0 Å². The summed E-state index contributed by atoms with van der Waals surface area (Å²) in [6.45, 7) is 0. The molecule has 0 atom stereocenters. The average Bonchev–Trinajstić information content (AvgIpc) is 2.68. The summed E-state index contributed by atoms with van der Waals surface area (Å²) in [5.41, 5.74) is 1.97. The minimum atomic E-state index is -3.86. The summed E-state index contributed by atoms with van der Waals surface area (Å²) >= 11 is 3.29. The molecule has 0 bridgehead atoms. The monoisotopic (exact) mass is 448 g/mol. The molecule has 8 heteroatoms. The van der Waals surface area contributed by atoms with Gasteiger partial charge in [-0.25, -0.2) is 8.42 Å². The third-order valence-electron chi connectivity index (χ3n) is 3.81. The van der Waals surface area contributed by atoms with Crippen LogP contribution in [0.5, 0.6) is 11.5 Å². The number of hydrogen-bond donors (Lipinski definition) is 1. The van der Waals surface area contributed by atoms with Gasteiger partial charge >= 0.3 is 0 Å². The lowest BCUT2D eigenvalue weighted by atomic mass is 10.1. The standard InChI is InChI=1S/C19H17BrN2O4S/c1-25-17-5-3-4-13(9-17)14-8-16(12-21-11-14)22-27(23,24)19-10-15(20)6-7-18(19)26-2/h3-12,22H,1-2H3. The highest BCUT2D eigenvalue weighted by molar-refractivity contribution is 9.10. The molecule has 0 unspecified atom stereocenters. The molecule has 0 aliphatic rings. The first-order valence-electron chi connectivity index (χ1n) is 7.89. The molecule has 1 aromatic heterocycles. The number of rotatable bonds is 6. The van der Waals surface area contributed by atoms with Crippen molar-refractivity contribution in [3.63, 3.8) is 0 Å². The summed E-state index contributed by atoms with van der Waals surface area (Å²) in [6.07, 6.45) is 3.11. The van der Waals surface area contributed by atoms with Crippen LogP contribution in [-0.4, -0.2) is 27.6 Å². The van der Waals surface area contributed by atoms with Crippen LogP contribution in [0.3, 0.4) is 0 Å². The fourth-order valence-corrected chi connectivity index (χ4v) is 4.27. The minimum Gasteiger partial charge on any atom is -0.497 e. The van der Waals surface area contributed by atoms with Gasteiger partial charge in [-0.3, -0.25) is 9.71 Å². The van der Waals surface area contributed by atoms with Gasteiger partial charge in [-0.2, -0.15) is 0 Å². The summed E-state index contributed by atoms with van der Waals surface area (Å²) in [4.78, 5) is 4.18. The Balaban J connectivity index is 1.95. The second kappa shape index (κ2) is 7.98. The van der Waals surface area contributed by atoms with Gasteiger partial charge in [-0.1, -0.05) is 28.1 Å². The lowest BCUT2D eigenvalue weighted by Crippen LogP contribution is -2.14. The zero-order valence-electron chi connectivity index (χ0n) is 14.6. The number of nitrogens with one attached hydrogen (secondary N) is 1. The molecule has 0 aliphatic heterocycles. The molecule has 3 rings (SSSR count). The van der Waals surface area contributed by atoms with Crippen molar-refractivity contribution in [1.29, 1.82) is 0 Å². The molecule has 0 radical (unpaired) electrons. The summed E-state index contributed by atoms with van der Waals surface area (Å²) in [5.74, 6) is 0.958. The highest BCUT2D eigenvalue weighted by Crippen LogP contribution is 2.30. The van der Waals surface area contributed by atoms with E-state index < -0.39 is 10.0 Å². The molecule has 6 nitrogen and oxygen atoms in total. The van der Waals surface area contributed by atoms with Gasteiger partial charge in [0.25, 0.3) is 10.0 Å². The molecule has 1 N–H and O–H groups in total. The summed E-state index contributed by atoms with van der Waals surface area (Å²) in [6, 6.07) is 13.9. The molecular formula is C19H17BrN2O4S. The Morgan fingerprint density at radius 3 is 2.52 bits per heavy atom. The zero-order valence-corrected chi connectivity index (χ0v) is 17.0. The van der Waals surface area contributed by atoms with Crippen molar-refractivity contribution in [2.45, 2.75) is 4.90 Å². The molecular weight excluding hydrogens is 432 g/mol. The second-order valence-corrected chi connectivity index (χ2v) is 8.16. The highest BCUT2D eigenvalue weighted by Gasteiger charge is 2.20. The van der Waals surface area contributed by atoms with E-state index in [9.17, 15) is 8.42 Å². The predicted molar refractivity (Wildman–Crippen MR) is 108 cm³/mol. The molecule has 140 valence electrons. The Morgan fingerprint density at radius 2 is 1.78 bits per heavy atom.